The average Bonchev–Trinajstić information content (AvgIpc) is 2.84. The molecule has 2 rings (SSSR count). The zero-order chi connectivity index (χ0) is 11.5. The Morgan fingerprint density at radius 1 is 1.62 bits per heavy atom. The SMILES string of the molecule is CNC(Cc1ccn(C)n1)C1CCC(C)O1. The zero-order valence-electron chi connectivity index (χ0n) is 10.3. The first kappa shape index (κ1) is 11.6. The number of nitrogens with one attached hydrogen (secondary N) is 1. The van der Waals surface area contributed by atoms with Crippen LogP contribution in [0.3, 0.4) is 0 Å². The van der Waals surface area contributed by atoms with Crippen LogP contribution >= 0.6 is 0 Å². The maximum absolute atomic E-state index is 5.90. The third-order valence-electron chi connectivity index (χ3n) is 3.28. The zero-order valence-corrected chi connectivity index (χ0v) is 10.3. The van der Waals surface area contributed by atoms with Crippen LogP contribution in [0.1, 0.15) is 25.5 Å². The predicted molar refractivity (Wildman–Crippen MR) is 63.3 cm³/mol. The van der Waals surface area contributed by atoms with E-state index in [9.17, 15) is 0 Å². The highest BCUT2D eigenvalue weighted by Gasteiger charge is 2.29. The maximum Gasteiger partial charge on any atom is 0.0736 e. The van der Waals surface area contributed by atoms with Crippen molar-refractivity contribution in [2.24, 2.45) is 7.05 Å². The van der Waals surface area contributed by atoms with E-state index < -0.39 is 0 Å². The quantitative estimate of drug-likeness (QED) is 0.831. The van der Waals surface area contributed by atoms with Gasteiger partial charge in [-0.3, -0.25) is 4.68 Å². The summed E-state index contributed by atoms with van der Waals surface area (Å²) in [6, 6.07) is 2.45. The van der Waals surface area contributed by atoms with Crippen molar-refractivity contribution in [3.8, 4) is 0 Å². The van der Waals surface area contributed by atoms with Gasteiger partial charge in [-0.05, 0) is 32.9 Å². The number of likely N-dealkylation sites (N-methyl/N-ethyl adjacent to an activating group) is 1. The summed E-state index contributed by atoms with van der Waals surface area (Å²) < 4.78 is 7.74. The van der Waals surface area contributed by atoms with E-state index in [0.717, 1.165) is 18.5 Å². The largest absolute Gasteiger partial charge is 0.374 e. The molecule has 4 nitrogen and oxygen atoms in total. The second kappa shape index (κ2) is 4.97. The van der Waals surface area contributed by atoms with Crippen molar-refractivity contribution in [1.82, 2.24) is 15.1 Å². The molecule has 0 saturated carbocycles. The number of rotatable bonds is 4. The normalized spacial score (nSPS) is 27.2. The Labute approximate surface area is 97.0 Å². The predicted octanol–water partition coefficient (Wildman–Crippen LogP) is 1.12. The van der Waals surface area contributed by atoms with Crippen molar-refractivity contribution in [1.29, 1.82) is 0 Å². The van der Waals surface area contributed by atoms with Gasteiger partial charge in [0.2, 0.25) is 0 Å². The van der Waals surface area contributed by atoms with E-state index in [1.807, 2.05) is 25.0 Å². The van der Waals surface area contributed by atoms with Gasteiger partial charge in [0.05, 0.1) is 17.9 Å². The van der Waals surface area contributed by atoms with Gasteiger partial charge in [-0.2, -0.15) is 5.10 Å². The van der Waals surface area contributed by atoms with Crippen LogP contribution < -0.4 is 5.32 Å². The minimum atomic E-state index is 0.335. The molecular formula is C12H21N3O. The molecule has 0 bridgehead atoms. The van der Waals surface area contributed by atoms with Crippen molar-refractivity contribution in [2.75, 3.05) is 7.05 Å². The molecular weight excluding hydrogens is 202 g/mol. The first-order valence-electron chi connectivity index (χ1n) is 6.00. The van der Waals surface area contributed by atoms with Gasteiger partial charge in [-0.1, -0.05) is 0 Å². The van der Waals surface area contributed by atoms with Gasteiger partial charge in [0.15, 0.2) is 0 Å². The van der Waals surface area contributed by atoms with Crippen LogP contribution in [-0.4, -0.2) is 35.1 Å². The molecule has 4 heteroatoms. The number of hydrogen-bond donors (Lipinski definition) is 1. The van der Waals surface area contributed by atoms with Crippen LogP contribution in [0.15, 0.2) is 12.3 Å². The van der Waals surface area contributed by atoms with Crippen LogP contribution in [-0.2, 0) is 18.2 Å². The third kappa shape index (κ3) is 2.62. The van der Waals surface area contributed by atoms with Crippen LogP contribution in [0, 0.1) is 0 Å². The molecule has 1 aromatic heterocycles. The fourth-order valence-electron chi connectivity index (χ4n) is 2.35. The molecule has 90 valence electrons. The van der Waals surface area contributed by atoms with Crippen LogP contribution in [0.4, 0.5) is 0 Å². The van der Waals surface area contributed by atoms with Gasteiger partial charge < -0.3 is 10.1 Å². The molecule has 16 heavy (non-hydrogen) atoms. The van der Waals surface area contributed by atoms with Crippen molar-refractivity contribution in [3.05, 3.63) is 18.0 Å². The molecule has 1 aliphatic rings. The van der Waals surface area contributed by atoms with E-state index in [2.05, 4.69) is 23.4 Å². The molecule has 0 radical (unpaired) electrons. The molecule has 0 amide bonds. The summed E-state index contributed by atoms with van der Waals surface area (Å²) >= 11 is 0. The second-order valence-corrected chi connectivity index (χ2v) is 4.64. The monoisotopic (exact) mass is 223 g/mol. The molecule has 1 N–H and O–H groups in total. The van der Waals surface area contributed by atoms with Gasteiger partial charge in [-0.15, -0.1) is 0 Å². The summed E-state index contributed by atoms with van der Waals surface area (Å²) in [5, 5.41) is 7.76. The van der Waals surface area contributed by atoms with Gasteiger partial charge in [0.25, 0.3) is 0 Å². The van der Waals surface area contributed by atoms with Gasteiger partial charge >= 0.3 is 0 Å². The van der Waals surface area contributed by atoms with Gasteiger partial charge in [0.1, 0.15) is 0 Å². The summed E-state index contributed by atoms with van der Waals surface area (Å²) in [7, 11) is 3.95. The second-order valence-electron chi connectivity index (χ2n) is 4.64. The first-order chi connectivity index (χ1) is 7.69. The molecule has 3 atom stereocenters. The number of aromatic nitrogens is 2. The van der Waals surface area contributed by atoms with Crippen molar-refractivity contribution in [3.63, 3.8) is 0 Å². The Kier molecular flexibility index (Phi) is 3.61. The summed E-state index contributed by atoms with van der Waals surface area (Å²) in [6.07, 6.45) is 5.99. The van der Waals surface area contributed by atoms with Crippen molar-refractivity contribution in [2.45, 2.75) is 44.4 Å². The summed E-state index contributed by atoms with van der Waals surface area (Å²) in [5.74, 6) is 0. The topological polar surface area (TPSA) is 39.1 Å². The first-order valence-corrected chi connectivity index (χ1v) is 6.00. The fourth-order valence-corrected chi connectivity index (χ4v) is 2.35. The van der Waals surface area contributed by atoms with Crippen LogP contribution in [0.25, 0.3) is 0 Å². The molecule has 1 aromatic rings. The van der Waals surface area contributed by atoms with Crippen molar-refractivity contribution >= 4 is 0 Å². The Hall–Kier alpha value is -0.870. The summed E-state index contributed by atoms with van der Waals surface area (Å²) in [6.45, 7) is 2.15. The number of hydrogen-bond acceptors (Lipinski definition) is 3. The lowest BCUT2D eigenvalue weighted by Gasteiger charge is -2.22. The van der Waals surface area contributed by atoms with E-state index in [1.54, 1.807) is 0 Å². The fraction of sp³-hybridized carbons (Fsp3) is 0.750. The van der Waals surface area contributed by atoms with E-state index in [4.69, 9.17) is 4.74 Å². The molecule has 2 heterocycles. The maximum atomic E-state index is 5.90. The standard InChI is InChI=1S/C12H21N3O/c1-9-4-5-12(16-9)11(13-2)8-10-6-7-15(3)14-10/h6-7,9,11-13H,4-5,8H2,1-3H3. The van der Waals surface area contributed by atoms with Gasteiger partial charge in [-0.25, -0.2) is 0 Å². The summed E-state index contributed by atoms with van der Waals surface area (Å²) in [5.41, 5.74) is 1.13. The van der Waals surface area contributed by atoms with E-state index >= 15 is 0 Å². The molecule has 0 spiro atoms. The lowest BCUT2D eigenvalue weighted by Crippen LogP contribution is -2.39. The lowest BCUT2D eigenvalue weighted by atomic mass is 10.0. The Morgan fingerprint density at radius 3 is 2.94 bits per heavy atom. The minimum Gasteiger partial charge on any atom is -0.374 e. The highest BCUT2D eigenvalue weighted by molar-refractivity contribution is 5.03. The molecule has 0 aliphatic carbocycles. The van der Waals surface area contributed by atoms with E-state index in [1.165, 1.54) is 6.42 Å². The van der Waals surface area contributed by atoms with Crippen LogP contribution in [0.5, 0.6) is 0 Å². The Balaban J connectivity index is 1.95. The Morgan fingerprint density at radius 2 is 2.44 bits per heavy atom. The highest BCUT2D eigenvalue weighted by atomic mass is 16.5. The molecule has 1 aliphatic heterocycles. The lowest BCUT2D eigenvalue weighted by molar-refractivity contribution is 0.0335. The van der Waals surface area contributed by atoms with Crippen LogP contribution in [0.2, 0.25) is 0 Å². The molecule has 1 fully saturated rings. The molecule has 3 unspecified atom stereocenters. The highest BCUT2D eigenvalue weighted by Crippen LogP contribution is 2.23. The number of nitrogens with zero attached hydrogens (tertiary/aromatic N) is 2. The number of ether oxygens (including phenoxy) is 1. The molecule has 0 aromatic carbocycles. The molecule has 1 saturated heterocycles. The smallest absolute Gasteiger partial charge is 0.0736 e. The minimum absolute atomic E-state index is 0.335. The number of aryl methyl sites for hydroxylation is 1. The van der Waals surface area contributed by atoms with Gasteiger partial charge in [0, 0.05) is 25.7 Å². The third-order valence-corrected chi connectivity index (χ3v) is 3.28. The van der Waals surface area contributed by atoms with E-state index in [-0.39, 0.29) is 0 Å². The Bertz CT molecular complexity index is 337. The summed E-state index contributed by atoms with van der Waals surface area (Å²) in [4.78, 5) is 0. The van der Waals surface area contributed by atoms with Crippen molar-refractivity contribution < 1.29 is 4.74 Å². The average molecular weight is 223 g/mol. The van der Waals surface area contributed by atoms with E-state index in [0.29, 0.717) is 18.2 Å².